The molecule has 0 aliphatic carbocycles. The molecular formula is C18H31NO11. The number of aliphatic hydroxyl groups is 1. The van der Waals surface area contributed by atoms with Gasteiger partial charge in [-0.15, -0.1) is 0 Å². The van der Waals surface area contributed by atoms with E-state index in [1.165, 1.54) is 6.92 Å². The van der Waals surface area contributed by atoms with Crippen molar-refractivity contribution in [3.63, 3.8) is 0 Å². The van der Waals surface area contributed by atoms with Crippen molar-refractivity contribution in [2.24, 2.45) is 0 Å². The average molecular weight is 437 g/mol. The average Bonchev–Trinajstić information content (AvgIpc) is 2.63. The summed E-state index contributed by atoms with van der Waals surface area (Å²) >= 11 is 0. The number of aliphatic carboxylic acids is 2. The van der Waals surface area contributed by atoms with Crippen LogP contribution in [0, 0.1) is 0 Å². The number of carboxylic acids is 2. The van der Waals surface area contributed by atoms with Gasteiger partial charge in [-0.25, -0.2) is 0 Å². The van der Waals surface area contributed by atoms with Gasteiger partial charge in [-0.2, -0.15) is 0 Å². The molecule has 4 N–H and O–H groups in total. The highest BCUT2D eigenvalue weighted by Crippen LogP contribution is 2.16. The first kappa shape index (κ1) is 27.9. The molecule has 0 atom stereocenters. The van der Waals surface area contributed by atoms with E-state index >= 15 is 0 Å². The standard InChI is InChI=1S/C18H31NO11/c1-14(20)2-4-27-6-8-29-10-11-30-9-7-28-5-3-19-17(25)18(26,12-15(21)22)13-16(23)24/h26H,2-13H2,1H3,(H,19,25)(H,21,22)(H,23,24). The lowest BCUT2D eigenvalue weighted by Crippen LogP contribution is -2.50. The van der Waals surface area contributed by atoms with Crippen molar-refractivity contribution < 1.29 is 53.4 Å². The summed E-state index contributed by atoms with van der Waals surface area (Å²) in [4.78, 5) is 44.0. The molecule has 0 aliphatic rings. The third kappa shape index (κ3) is 15.8. The Balaban J connectivity index is 3.64. The summed E-state index contributed by atoms with van der Waals surface area (Å²) in [5.74, 6) is -4.00. The maximum atomic E-state index is 11.9. The van der Waals surface area contributed by atoms with Crippen LogP contribution in [0.4, 0.5) is 0 Å². The molecule has 174 valence electrons. The molecule has 0 rings (SSSR count). The van der Waals surface area contributed by atoms with Crippen LogP contribution in [0.1, 0.15) is 26.2 Å². The van der Waals surface area contributed by atoms with E-state index in [-0.39, 0.29) is 32.1 Å². The molecule has 0 aromatic rings. The molecule has 12 heteroatoms. The molecule has 0 unspecified atom stereocenters. The van der Waals surface area contributed by atoms with E-state index in [9.17, 15) is 24.3 Å². The van der Waals surface area contributed by atoms with E-state index in [0.717, 1.165) is 0 Å². The molecule has 1 amide bonds. The summed E-state index contributed by atoms with van der Waals surface area (Å²) in [5.41, 5.74) is -2.53. The highest BCUT2D eigenvalue weighted by atomic mass is 16.6. The van der Waals surface area contributed by atoms with Gasteiger partial charge in [0, 0.05) is 13.0 Å². The smallest absolute Gasteiger partial charge is 0.306 e. The Hall–Kier alpha value is -2.12. The summed E-state index contributed by atoms with van der Waals surface area (Å²) in [5, 5.41) is 29.7. The first-order chi connectivity index (χ1) is 14.2. The van der Waals surface area contributed by atoms with Crippen LogP contribution in [0.25, 0.3) is 0 Å². The van der Waals surface area contributed by atoms with Crippen LogP contribution < -0.4 is 5.32 Å². The Morgan fingerprint density at radius 3 is 1.53 bits per heavy atom. The molecule has 0 aliphatic heterocycles. The van der Waals surface area contributed by atoms with Crippen LogP contribution in [0.15, 0.2) is 0 Å². The zero-order valence-electron chi connectivity index (χ0n) is 17.1. The van der Waals surface area contributed by atoms with Crippen molar-refractivity contribution >= 4 is 23.6 Å². The second kappa shape index (κ2) is 16.7. The van der Waals surface area contributed by atoms with Gasteiger partial charge in [0.1, 0.15) is 5.78 Å². The minimum absolute atomic E-state index is 0.0346. The summed E-state index contributed by atoms with van der Waals surface area (Å²) < 4.78 is 20.9. The zero-order valence-corrected chi connectivity index (χ0v) is 17.1. The lowest BCUT2D eigenvalue weighted by Gasteiger charge is -2.23. The number of hydrogen-bond acceptors (Lipinski definition) is 9. The molecule has 0 bridgehead atoms. The fraction of sp³-hybridized carbons (Fsp3) is 0.778. The third-order valence-corrected chi connectivity index (χ3v) is 3.56. The molecule has 0 saturated heterocycles. The van der Waals surface area contributed by atoms with Gasteiger partial charge in [-0.1, -0.05) is 0 Å². The minimum atomic E-state index is -2.53. The molecule has 0 aromatic carbocycles. The number of hydrogen-bond donors (Lipinski definition) is 4. The summed E-state index contributed by atoms with van der Waals surface area (Å²) in [6, 6.07) is 0. The van der Waals surface area contributed by atoms with E-state index in [0.29, 0.717) is 39.5 Å². The maximum absolute atomic E-state index is 11.9. The number of nitrogens with one attached hydrogen (secondary N) is 1. The van der Waals surface area contributed by atoms with E-state index < -0.39 is 36.3 Å². The highest BCUT2D eigenvalue weighted by Gasteiger charge is 2.40. The fourth-order valence-corrected chi connectivity index (χ4v) is 2.10. The SMILES string of the molecule is CC(=O)CCOCCOCCOCCOCCNC(=O)C(O)(CC(=O)O)CC(=O)O. The number of carboxylic acid groups (broad SMARTS) is 2. The van der Waals surface area contributed by atoms with Crippen LogP contribution in [0.3, 0.4) is 0 Å². The largest absolute Gasteiger partial charge is 0.481 e. The van der Waals surface area contributed by atoms with Crippen molar-refractivity contribution in [3.8, 4) is 0 Å². The molecule has 12 nitrogen and oxygen atoms in total. The lowest BCUT2D eigenvalue weighted by atomic mass is 9.94. The van der Waals surface area contributed by atoms with Crippen LogP contribution >= 0.6 is 0 Å². The van der Waals surface area contributed by atoms with Gasteiger partial charge in [0.25, 0.3) is 5.91 Å². The van der Waals surface area contributed by atoms with Gasteiger partial charge in [-0.05, 0) is 6.92 Å². The molecule has 0 fully saturated rings. The fourth-order valence-electron chi connectivity index (χ4n) is 2.10. The summed E-state index contributed by atoms with van der Waals surface area (Å²) in [7, 11) is 0. The highest BCUT2D eigenvalue weighted by molar-refractivity contribution is 5.92. The van der Waals surface area contributed by atoms with Crippen molar-refractivity contribution in [2.75, 3.05) is 59.4 Å². The third-order valence-electron chi connectivity index (χ3n) is 3.56. The number of rotatable bonds is 20. The van der Waals surface area contributed by atoms with E-state index in [4.69, 9.17) is 29.2 Å². The monoisotopic (exact) mass is 437 g/mol. The Morgan fingerprint density at radius 2 is 1.13 bits per heavy atom. The van der Waals surface area contributed by atoms with Crippen LogP contribution in [0.5, 0.6) is 0 Å². The topological polar surface area (TPSA) is 178 Å². The molecule has 0 heterocycles. The predicted molar refractivity (Wildman–Crippen MR) is 101 cm³/mol. The Kier molecular flexibility index (Phi) is 15.5. The summed E-state index contributed by atoms with van der Waals surface area (Å²) in [6.45, 7) is 3.96. The molecule has 30 heavy (non-hydrogen) atoms. The number of carbonyl (C=O) groups excluding carboxylic acids is 2. The molecular weight excluding hydrogens is 406 g/mol. The first-order valence-corrected chi connectivity index (χ1v) is 9.42. The van der Waals surface area contributed by atoms with Crippen LogP contribution in [-0.2, 0) is 38.1 Å². The molecule has 0 aromatic heterocycles. The second-order valence-corrected chi connectivity index (χ2v) is 6.33. The van der Waals surface area contributed by atoms with E-state index in [2.05, 4.69) is 5.32 Å². The number of ether oxygens (including phenoxy) is 4. The van der Waals surface area contributed by atoms with Gasteiger partial charge in [0.15, 0.2) is 5.60 Å². The maximum Gasteiger partial charge on any atom is 0.306 e. The van der Waals surface area contributed by atoms with Crippen molar-refractivity contribution in [2.45, 2.75) is 31.8 Å². The van der Waals surface area contributed by atoms with E-state index in [1.54, 1.807) is 0 Å². The number of carbonyl (C=O) groups is 4. The molecule has 0 saturated carbocycles. The Labute approximate surface area is 174 Å². The first-order valence-electron chi connectivity index (χ1n) is 9.42. The quantitative estimate of drug-likeness (QED) is 0.169. The Morgan fingerprint density at radius 1 is 0.733 bits per heavy atom. The minimum Gasteiger partial charge on any atom is -0.481 e. The number of ketones is 1. The van der Waals surface area contributed by atoms with Crippen molar-refractivity contribution in [3.05, 3.63) is 0 Å². The van der Waals surface area contributed by atoms with Crippen molar-refractivity contribution in [1.82, 2.24) is 5.32 Å². The van der Waals surface area contributed by atoms with Crippen molar-refractivity contribution in [1.29, 1.82) is 0 Å². The van der Waals surface area contributed by atoms with E-state index in [1.807, 2.05) is 0 Å². The number of amides is 1. The van der Waals surface area contributed by atoms with Gasteiger partial charge < -0.3 is 39.6 Å². The van der Waals surface area contributed by atoms with Gasteiger partial charge >= 0.3 is 11.9 Å². The van der Waals surface area contributed by atoms with Gasteiger partial charge in [0.2, 0.25) is 0 Å². The van der Waals surface area contributed by atoms with Gasteiger partial charge in [0.05, 0.1) is 65.7 Å². The molecule has 0 radical (unpaired) electrons. The molecule has 0 spiro atoms. The van der Waals surface area contributed by atoms with Gasteiger partial charge in [-0.3, -0.25) is 19.2 Å². The zero-order chi connectivity index (χ0) is 22.8. The normalized spacial score (nSPS) is 11.3. The van der Waals surface area contributed by atoms with Crippen LogP contribution in [0.2, 0.25) is 0 Å². The Bertz CT molecular complexity index is 522. The second-order valence-electron chi connectivity index (χ2n) is 6.33. The predicted octanol–water partition coefficient (Wildman–Crippen LogP) is -1.17. The number of Topliss-reactive ketones (excluding diaryl/α,β-unsaturated/α-hetero) is 1. The summed E-state index contributed by atoms with van der Waals surface area (Å²) in [6.07, 6.45) is -1.66. The lowest BCUT2D eigenvalue weighted by molar-refractivity contribution is -0.159. The van der Waals surface area contributed by atoms with Crippen LogP contribution in [-0.4, -0.2) is 104 Å².